The molecule has 0 aromatic heterocycles. The molecule has 0 aliphatic carbocycles. The van der Waals surface area contributed by atoms with Crippen LogP contribution in [-0.2, 0) is 6.61 Å². The molecule has 3 aromatic rings. The molecule has 0 aliphatic heterocycles. The van der Waals surface area contributed by atoms with Crippen LogP contribution in [0.15, 0.2) is 72.8 Å². The maximum atomic E-state index is 6.04. The summed E-state index contributed by atoms with van der Waals surface area (Å²) in [5.74, 6) is 0.815. The van der Waals surface area contributed by atoms with Crippen molar-refractivity contribution in [3.63, 3.8) is 0 Å². The number of hydrogen-bond donors (Lipinski definition) is 1. The van der Waals surface area contributed by atoms with E-state index < -0.39 is 0 Å². The normalized spacial score (nSPS) is 10.4. The average molecular weight is 310 g/mol. The van der Waals surface area contributed by atoms with E-state index in [1.165, 1.54) is 0 Å². The smallest absolute Gasteiger partial charge is 0.120 e. The van der Waals surface area contributed by atoms with Crippen LogP contribution >= 0.6 is 11.6 Å². The first-order valence-corrected chi connectivity index (χ1v) is 7.42. The molecule has 22 heavy (non-hydrogen) atoms. The van der Waals surface area contributed by atoms with Crippen molar-refractivity contribution in [1.29, 1.82) is 0 Å². The fraction of sp³-hybridized carbons (Fsp3) is 0.0526. The molecule has 3 aromatic carbocycles. The van der Waals surface area contributed by atoms with Crippen molar-refractivity contribution in [2.45, 2.75) is 6.61 Å². The van der Waals surface area contributed by atoms with E-state index in [2.05, 4.69) is 0 Å². The van der Waals surface area contributed by atoms with E-state index >= 15 is 0 Å². The molecule has 110 valence electrons. The summed E-state index contributed by atoms with van der Waals surface area (Å²) >= 11 is 5.95. The van der Waals surface area contributed by atoms with Crippen molar-refractivity contribution in [2.24, 2.45) is 0 Å². The summed E-state index contributed by atoms with van der Waals surface area (Å²) < 4.78 is 5.85. The molecule has 0 unspecified atom stereocenters. The highest BCUT2D eigenvalue weighted by molar-refractivity contribution is 6.31. The summed E-state index contributed by atoms with van der Waals surface area (Å²) in [4.78, 5) is 0. The minimum atomic E-state index is 0.542. The maximum absolute atomic E-state index is 6.04. The molecule has 2 N–H and O–H groups in total. The van der Waals surface area contributed by atoms with Crippen molar-refractivity contribution in [3.8, 4) is 16.9 Å². The molecule has 3 rings (SSSR count). The van der Waals surface area contributed by atoms with E-state index in [1.807, 2.05) is 66.7 Å². The SMILES string of the molecule is Nc1cc(Cl)ccc1-c1cccc(OCc2ccccc2)c1. The zero-order valence-electron chi connectivity index (χ0n) is 12.0. The quantitative estimate of drug-likeness (QED) is 0.675. The fourth-order valence-corrected chi connectivity index (χ4v) is 2.47. The van der Waals surface area contributed by atoms with E-state index in [1.54, 1.807) is 6.07 Å². The van der Waals surface area contributed by atoms with Crippen LogP contribution in [0.1, 0.15) is 5.56 Å². The summed E-state index contributed by atoms with van der Waals surface area (Å²) in [6.45, 7) is 0.542. The van der Waals surface area contributed by atoms with E-state index in [0.717, 1.165) is 22.4 Å². The molecule has 0 spiro atoms. The minimum absolute atomic E-state index is 0.542. The van der Waals surface area contributed by atoms with Crippen LogP contribution in [0.3, 0.4) is 0 Å². The first-order chi connectivity index (χ1) is 10.7. The Balaban J connectivity index is 1.80. The lowest BCUT2D eigenvalue weighted by atomic mass is 10.0. The van der Waals surface area contributed by atoms with Gasteiger partial charge in [-0.15, -0.1) is 0 Å². The number of halogens is 1. The number of hydrogen-bond acceptors (Lipinski definition) is 2. The van der Waals surface area contributed by atoms with Gasteiger partial charge < -0.3 is 10.5 Å². The summed E-state index contributed by atoms with van der Waals surface area (Å²) in [5, 5.41) is 0.637. The van der Waals surface area contributed by atoms with Crippen molar-refractivity contribution < 1.29 is 4.74 Å². The fourth-order valence-electron chi connectivity index (χ4n) is 2.29. The van der Waals surface area contributed by atoms with Crippen LogP contribution in [0.4, 0.5) is 5.69 Å². The molecule has 0 radical (unpaired) electrons. The largest absolute Gasteiger partial charge is 0.489 e. The van der Waals surface area contributed by atoms with E-state index in [0.29, 0.717) is 17.3 Å². The Morgan fingerprint density at radius 3 is 2.45 bits per heavy atom. The molecule has 0 fully saturated rings. The highest BCUT2D eigenvalue weighted by Gasteiger charge is 2.05. The van der Waals surface area contributed by atoms with Crippen LogP contribution in [0.5, 0.6) is 5.75 Å². The van der Waals surface area contributed by atoms with Gasteiger partial charge in [0.25, 0.3) is 0 Å². The van der Waals surface area contributed by atoms with Crippen molar-refractivity contribution in [1.82, 2.24) is 0 Å². The average Bonchev–Trinajstić information content (AvgIpc) is 2.54. The topological polar surface area (TPSA) is 35.2 Å². The first-order valence-electron chi connectivity index (χ1n) is 7.04. The van der Waals surface area contributed by atoms with E-state index in [-0.39, 0.29) is 0 Å². The van der Waals surface area contributed by atoms with Gasteiger partial charge in [-0.2, -0.15) is 0 Å². The van der Waals surface area contributed by atoms with Crippen molar-refractivity contribution >= 4 is 17.3 Å². The third-order valence-corrected chi connectivity index (χ3v) is 3.64. The molecule has 0 heterocycles. The van der Waals surface area contributed by atoms with Gasteiger partial charge in [0.2, 0.25) is 0 Å². The molecule has 3 heteroatoms. The predicted molar refractivity (Wildman–Crippen MR) is 92.1 cm³/mol. The first kappa shape index (κ1) is 14.5. The lowest BCUT2D eigenvalue weighted by Crippen LogP contribution is -1.95. The molecule has 0 atom stereocenters. The Labute approximate surface area is 135 Å². The Bertz CT molecular complexity index is 771. The number of benzene rings is 3. The number of anilines is 1. The Hall–Kier alpha value is -2.45. The molecule has 0 amide bonds. The number of nitrogen functional groups attached to an aromatic ring is 1. The summed E-state index contributed by atoms with van der Waals surface area (Å²) in [6, 6.07) is 23.5. The Kier molecular flexibility index (Phi) is 4.31. The predicted octanol–water partition coefficient (Wildman–Crippen LogP) is 5.17. The zero-order valence-corrected chi connectivity index (χ0v) is 12.8. The minimum Gasteiger partial charge on any atom is -0.489 e. The molecule has 2 nitrogen and oxygen atoms in total. The van der Waals surface area contributed by atoms with Gasteiger partial charge in [0, 0.05) is 16.3 Å². The standard InChI is InChI=1S/C19H16ClNO/c20-16-9-10-18(19(21)12-16)15-7-4-8-17(11-15)22-13-14-5-2-1-3-6-14/h1-12H,13,21H2. The highest BCUT2D eigenvalue weighted by atomic mass is 35.5. The summed E-state index contributed by atoms with van der Waals surface area (Å²) in [5.41, 5.74) is 9.81. The number of ether oxygens (including phenoxy) is 1. The molecule has 0 saturated carbocycles. The summed E-state index contributed by atoms with van der Waals surface area (Å²) in [6.07, 6.45) is 0. The van der Waals surface area contributed by atoms with Crippen molar-refractivity contribution in [2.75, 3.05) is 5.73 Å². The van der Waals surface area contributed by atoms with E-state index in [4.69, 9.17) is 22.1 Å². The third kappa shape index (κ3) is 3.41. The van der Waals surface area contributed by atoms with Gasteiger partial charge in [-0.3, -0.25) is 0 Å². The number of nitrogens with two attached hydrogens (primary N) is 1. The van der Waals surface area contributed by atoms with Gasteiger partial charge >= 0.3 is 0 Å². The van der Waals surface area contributed by atoms with Crippen LogP contribution in [0.25, 0.3) is 11.1 Å². The maximum Gasteiger partial charge on any atom is 0.120 e. The molecule has 0 saturated heterocycles. The molecular weight excluding hydrogens is 294 g/mol. The summed E-state index contributed by atoms with van der Waals surface area (Å²) in [7, 11) is 0. The van der Waals surface area contributed by atoms with Crippen LogP contribution in [-0.4, -0.2) is 0 Å². The van der Waals surface area contributed by atoms with Gasteiger partial charge in [0.05, 0.1) is 0 Å². The van der Waals surface area contributed by atoms with Gasteiger partial charge in [0.15, 0.2) is 0 Å². The van der Waals surface area contributed by atoms with Crippen molar-refractivity contribution in [3.05, 3.63) is 83.4 Å². The molecule has 0 aliphatic rings. The van der Waals surface area contributed by atoms with Crippen LogP contribution in [0.2, 0.25) is 5.02 Å². The van der Waals surface area contributed by atoms with Crippen LogP contribution < -0.4 is 10.5 Å². The third-order valence-electron chi connectivity index (χ3n) is 3.41. The van der Waals surface area contributed by atoms with Gasteiger partial charge in [-0.05, 0) is 35.4 Å². The van der Waals surface area contributed by atoms with Gasteiger partial charge in [-0.1, -0.05) is 60.1 Å². The Morgan fingerprint density at radius 2 is 1.68 bits per heavy atom. The monoisotopic (exact) mass is 309 g/mol. The second-order valence-corrected chi connectivity index (χ2v) is 5.47. The van der Waals surface area contributed by atoms with Crippen LogP contribution in [0, 0.1) is 0 Å². The zero-order chi connectivity index (χ0) is 15.4. The Morgan fingerprint density at radius 1 is 0.864 bits per heavy atom. The van der Waals surface area contributed by atoms with Gasteiger partial charge in [0.1, 0.15) is 12.4 Å². The highest BCUT2D eigenvalue weighted by Crippen LogP contribution is 2.30. The van der Waals surface area contributed by atoms with E-state index in [9.17, 15) is 0 Å². The molecular formula is C19H16ClNO. The molecule has 0 bridgehead atoms. The number of rotatable bonds is 4. The second-order valence-electron chi connectivity index (χ2n) is 5.03. The lowest BCUT2D eigenvalue weighted by molar-refractivity contribution is 0.306. The lowest BCUT2D eigenvalue weighted by Gasteiger charge is -2.10. The van der Waals surface area contributed by atoms with Gasteiger partial charge in [-0.25, -0.2) is 0 Å². The second kappa shape index (κ2) is 6.54.